The Morgan fingerprint density at radius 2 is 1.14 bits per heavy atom. The Balaban J connectivity index is 1.57. The zero-order valence-electron chi connectivity index (χ0n) is 11.6. The van der Waals surface area contributed by atoms with Crippen molar-refractivity contribution in [2.24, 2.45) is 47.3 Å². The quantitative estimate of drug-likeness (QED) is 0.637. The minimum Gasteiger partial charge on any atom is -0.294 e. The van der Waals surface area contributed by atoms with E-state index < -0.39 is 0 Å². The van der Waals surface area contributed by atoms with E-state index >= 15 is 0 Å². The zero-order valence-corrected chi connectivity index (χ0v) is 11.6. The molecule has 0 aromatic rings. The van der Waals surface area contributed by atoms with Gasteiger partial charge in [0.05, 0.1) is 0 Å². The standard InChI is InChI=1S/C19H16O2/c20-18-14-8-1-2-9(7-8)15(14)19(21)17-13-6-5-12(16(17)18)10-3-4-11(10)13/h1-6,8-15H,7H2/t8-,9+,10-,11+,12-,13+,14-,15+. The molecule has 0 radical (unpaired) electrons. The second-order valence-electron chi connectivity index (χ2n) is 7.53. The molecule has 4 bridgehead atoms. The van der Waals surface area contributed by atoms with Gasteiger partial charge in [-0.1, -0.05) is 36.5 Å². The summed E-state index contributed by atoms with van der Waals surface area (Å²) in [4.78, 5) is 26.3. The highest BCUT2D eigenvalue weighted by molar-refractivity contribution is 6.16. The van der Waals surface area contributed by atoms with E-state index in [-0.39, 0.29) is 23.7 Å². The van der Waals surface area contributed by atoms with E-state index in [1.807, 2.05) is 0 Å². The maximum absolute atomic E-state index is 13.1. The van der Waals surface area contributed by atoms with Crippen molar-refractivity contribution in [3.63, 3.8) is 0 Å². The molecule has 0 aromatic carbocycles. The topological polar surface area (TPSA) is 34.1 Å². The van der Waals surface area contributed by atoms with Gasteiger partial charge in [0.2, 0.25) is 0 Å². The molecule has 21 heavy (non-hydrogen) atoms. The van der Waals surface area contributed by atoms with Gasteiger partial charge in [0.25, 0.3) is 0 Å². The van der Waals surface area contributed by atoms with Crippen molar-refractivity contribution in [1.29, 1.82) is 0 Å². The van der Waals surface area contributed by atoms with Crippen molar-refractivity contribution >= 4 is 11.6 Å². The van der Waals surface area contributed by atoms with Gasteiger partial charge in [-0.3, -0.25) is 9.59 Å². The maximum Gasteiger partial charge on any atom is 0.164 e. The molecule has 7 rings (SSSR count). The van der Waals surface area contributed by atoms with Crippen molar-refractivity contribution < 1.29 is 9.59 Å². The Morgan fingerprint density at radius 3 is 1.57 bits per heavy atom. The molecule has 7 aliphatic rings. The van der Waals surface area contributed by atoms with Crippen LogP contribution in [-0.2, 0) is 9.59 Å². The fraction of sp³-hybridized carbons (Fsp3) is 0.474. The first kappa shape index (κ1) is 10.9. The number of Topliss-reactive ketones (excluding diaryl/α,β-unsaturated/α-hetero) is 2. The fourth-order valence-corrected chi connectivity index (χ4v) is 6.01. The minimum atomic E-state index is -0.0403. The Hall–Kier alpha value is -1.70. The number of ketones is 2. The number of hydrogen-bond donors (Lipinski definition) is 0. The molecule has 104 valence electrons. The van der Waals surface area contributed by atoms with Gasteiger partial charge in [-0.15, -0.1) is 0 Å². The molecule has 0 heterocycles. The number of carbonyl (C=O) groups is 2. The Bertz CT molecular complexity index is 677. The number of fused-ring (bicyclic) bond motifs is 5. The summed E-state index contributed by atoms with van der Waals surface area (Å²) in [6.07, 6.45) is 14.3. The van der Waals surface area contributed by atoms with Crippen LogP contribution >= 0.6 is 0 Å². The molecule has 2 heteroatoms. The van der Waals surface area contributed by atoms with Crippen LogP contribution < -0.4 is 0 Å². The van der Waals surface area contributed by atoms with E-state index in [2.05, 4.69) is 36.5 Å². The number of hydrogen-bond acceptors (Lipinski definition) is 2. The number of rotatable bonds is 0. The van der Waals surface area contributed by atoms with Crippen LogP contribution in [0.15, 0.2) is 47.6 Å². The van der Waals surface area contributed by atoms with Crippen molar-refractivity contribution in [3.8, 4) is 0 Å². The largest absolute Gasteiger partial charge is 0.294 e. The summed E-state index contributed by atoms with van der Waals surface area (Å²) in [7, 11) is 0. The lowest BCUT2D eigenvalue weighted by Gasteiger charge is -2.51. The lowest BCUT2D eigenvalue weighted by Crippen LogP contribution is -2.51. The summed E-state index contributed by atoms with van der Waals surface area (Å²) in [6, 6.07) is 0. The molecule has 1 fully saturated rings. The van der Waals surface area contributed by atoms with Gasteiger partial charge in [-0.05, 0) is 30.1 Å². The van der Waals surface area contributed by atoms with Gasteiger partial charge in [-0.2, -0.15) is 0 Å². The van der Waals surface area contributed by atoms with Crippen LogP contribution in [0, 0.1) is 47.3 Å². The highest BCUT2D eigenvalue weighted by Crippen LogP contribution is 2.60. The van der Waals surface area contributed by atoms with Gasteiger partial charge < -0.3 is 0 Å². The van der Waals surface area contributed by atoms with Crippen LogP contribution in [0.4, 0.5) is 0 Å². The van der Waals surface area contributed by atoms with Crippen molar-refractivity contribution in [3.05, 3.63) is 47.6 Å². The molecule has 0 saturated heterocycles. The molecular formula is C19H16O2. The Kier molecular flexibility index (Phi) is 1.67. The average molecular weight is 276 g/mol. The monoisotopic (exact) mass is 276 g/mol. The van der Waals surface area contributed by atoms with E-state index in [1.165, 1.54) is 0 Å². The van der Waals surface area contributed by atoms with E-state index in [1.54, 1.807) is 0 Å². The van der Waals surface area contributed by atoms with E-state index in [0.29, 0.717) is 35.2 Å². The first-order valence-corrected chi connectivity index (χ1v) is 8.13. The molecule has 0 unspecified atom stereocenters. The predicted molar refractivity (Wildman–Crippen MR) is 77.0 cm³/mol. The van der Waals surface area contributed by atoms with Crippen LogP contribution in [0.1, 0.15) is 6.42 Å². The van der Waals surface area contributed by atoms with Gasteiger partial charge in [0, 0.05) is 34.8 Å². The molecule has 8 atom stereocenters. The third kappa shape index (κ3) is 1.01. The van der Waals surface area contributed by atoms with Crippen LogP contribution in [-0.4, -0.2) is 11.6 Å². The molecule has 0 amide bonds. The van der Waals surface area contributed by atoms with Crippen LogP contribution in [0.25, 0.3) is 0 Å². The number of carbonyl (C=O) groups excluding carboxylic acids is 2. The maximum atomic E-state index is 13.1. The van der Waals surface area contributed by atoms with Crippen LogP contribution in [0.2, 0.25) is 0 Å². The molecular weight excluding hydrogens is 260 g/mol. The molecule has 7 aliphatic carbocycles. The highest BCUT2D eigenvalue weighted by Gasteiger charge is 2.60. The molecule has 0 N–H and O–H groups in total. The predicted octanol–water partition coefficient (Wildman–Crippen LogP) is 2.49. The van der Waals surface area contributed by atoms with Gasteiger partial charge >= 0.3 is 0 Å². The van der Waals surface area contributed by atoms with E-state index in [4.69, 9.17) is 0 Å². The lowest BCUT2D eigenvalue weighted by atomic mass is 9.50. The lowest BCUT2D eigenvalue weighted by molar-refractivity contribution is -0.132. The summed E-state index contributed by atoms with van der Waals surface area (Å²) < 4.78 is 0. The second kappa shape index (κ2) is 3.21. The molecule has 0 spiro atoms. The Labute approximate surface area is 123 Å². The average Bonchev–Trinajstić information content (AvgIpc) is 3.04. The third-order valence-corrected chi connectivity index (χ3v) is 6.91. The van der Waals surface area contributed by atoms with Crippen LogP contribution in [0.5, 0.6) is 0 Å². The van der Waals surface area contributed by atoms with Crippen molar-refractivity contribution in [2.75, 3.05) is 0 Å². The first-order valence-electron chi connectivity index (χ1n) is 8.13. The highest BCUT2D eigenvalue weighted by atomic mass is 16.1. The van der Waals surface area contributed by atoms with Crippen molar-refractivity contribution in [1.82, 2.24) is 0 Å². The molecule has 1 saturated carbocycles. The summed E-state index contributed by atoms with van der Waals surface area (Å²) in [5.41, 5.74) is 1.81. The molecule has 0 aromatic heterocycles. The summed E-state index contributed by atoms with van der Waals surface area (Å²) in [5.74, 6) is 2.49. The van der Waals surface area contributed by atoms with Crippen molar-refractivity contribution in [2.45, 2.75) is 6.42 Å². The SMILES string of the molecule is O=C1C2=C(C(=O)[C@H]3[C@@H]1[C@H]1C=C[C@@H]3C1)[C@@H]1C=C[C@H]2[C@H]2C=C[C@H]21. The smallest absolute Gasteiger partial charge is 0.164 e. The third-order valence-electron chi connectivity index (χ3n) is 6.91. The number of allylic oxidation sites excluding steroid dienone is 8. The van der Waals surface area contributed by atoms with E-state index in [0.717, 1.165) is 17.6 Å². The summed E-state index contributed by atoms with van der Waals surface area (Å²) in [6.45, 7) is 0. The fourth-order valence-electron chi connectivity index (χ4n) is 6.01. The summed E-state index contributed by atoms with van der Waals surface area (Å²) in [5, 5.41) is 0. The van der Waals surface area contributed by atoms with Crippen LogP contribution in [0.3, 0.4) is 0 Å². The van der Waals surface area contributed by atoms with Gasteiger partial charge in [0.1, 0.15) is 0 Å². The van der Waals surface area contributed by atoms with E-state index in [9.17, 15) is 9.59 Å². The minimum absolute atomic E-state index is 0.0403. The second-order valence-corrected chi connectivity index (χ2v) is 7.53. The van der Waals surface area contributed by atoms with Gasteiger partial charge in [-0.25, -0.2) is 0 Å². The summed E-state index contributed by atoms with van der Waals surface area (Å²) >= 11 is 0. The zero-order chi connectivity index (χ0) is 13.9. The van der Waals surface area contributed by atoms with Gasteiger partial charge in [0.15, 0.2) is 11.6 Å². The Morgan fingerprint density at radius 1 is 0.667 bits per heavy atom. The normalized spacial score (nSPS) is 53.9. The molecule has 2 nitrogen and oxygen atoms in total. The molecule has 0 aliphatic heterocycles. The first-order chi connectivity index (χ1) is 10.3.